The van der Waals surface area contributed by atoms with Gasteiger partial charge in [0, 0.05) is 6.04 Å². The quantitative estimate of drug-likeness (QED) is 0.270. The standard InChI is InChI=1S/C4H7NS.H4N2/c6-3-5-4-1-2-4;1-2/h3-4H,1-2H2,(H,5,6);1-2H2. The summed E-state index contributed by atoms with van der Waals surface area (Å²) in [4.78, 5) is 0. The summed E-state index contributed by atoms with van der Waals surface area (Å²) < 4.78 is 0. The summed E-state index contributed by atoms with van der Waals surface area (Å²) in [6.45, 7) is 0. The van der Waals surface area contributed by atoms with Gasteiger partial charge < -0.3 is 5.32 Å². The number of thiocarbonyl (C=S) groups is 1. The van der Waals surface area contributed by atoms with Gasteiger partial charge in [-0.2, -0.15) is 0 Å². The second kappa shape index (κ2) is 4.96. The zero-order valence-corrected chi connectivity index (χ0v) is 5.45. The second-order valence-electron chi connectivity index (χ2n) is 1.56. The average Bonchev–Trinajstić information content (AvgIpc) is 2.57. The predicted octanol–water partition coefficient (Wildman–Crippen LogP) is -0.486. The van der Waals surface area contributed by atoms with Gasteiger partial charge in [0.1, 0.15) is 0 Å². The van der Waals surface area contributed by atoms with Gasteiger partial charge in [0.05, 0.1) is 5.49 Å². The maximum atomic E-state index is 4.53. The van der Waals surface area contributed by atoms with Gasteiger partial charge >= 0.3 is 0 Å². The Kier molecular flexibility index (Phi) is 4.84. The van der Waals surface area contributed by atoms with Gasteiger partial charge in [0.2, 0.25) is 0 Å². The average molecular weight is 133 g/mol. The summed E-state index contributed by atoms with van der Waals surface area (Å²) in [7, 11) is 0. The van der Waals surface area contributed by atoms with Crippen LogP contribution in [-0.4, -0.2) is 11.5 Å². The van der Waals surface area contributed by atoms with Crippen molar-refractivity contribution in [2.45, 2.75) is 18.9 Å². The first-order valence-corrected chi connectivity index (χ1v) is 2.93. The number of rotatable bonds is 2. The molecule has 0 aromatic heterocycles. The van der Waals surface area contributed by atoms with E-state index in [1.165, 1.54) is 12.8 Å². The number of hydrogen-bond acceptors (Lipinski definition) is 3. The third-order valence-corrected chi connectivity index (χ3v) is 1.02. The van der Waals surface area contributed by atoms with Crippen LogP contribution in [-0.2, 0) is 0 Å². The molecular formula is C4H11N3S. The maximum Gasteiger partial charge on any atom is 0.0617 e. The van der Waals surface area contributed by atoms with E-state index in [0.29, 0.717) is 0 Å². The molecule has 0 aromatic carbocycles. The molecular weight excluding hydrogens is 122 g/mol. The molecule has 8 heavy (non-hydrogen) atoms. The van der Waals surface area contributed by atoms with Crippen LogP contribution in [0.3, 0.4) is 0 Å². The molecule has 0 aliphatic heterocycles. The highest BCUT2D eigenvalue weighted by atomic mass is 32.1. The van der Waals surface area contributed by atoms with Crippen LogP contribution in [0, 0.1) is 0 Å². The molecule has 3 nitrogen and oxygen atoms in total. The molecule has 0 saturated heterocycles. The van der Waals surface area contributed by atoms with Crippen molar-refractivity contribution in [1.82, 2.24) is 5.32 Å². The first-order chi connectivity index (χ1) is 3.93. The first-order valence-electron chi connectivity index (χ1n) is 2.46. The molecule has 0 heterocycles. The molecule has 0 radical (unpaired) electrons. The van der Waals surface area contributed by atoms with E-state index in [1.807, 2.05) is 0 Å². The molecule has 1 aliphatic carbocycles. The Labute approximate surface area is 54.4 Å². The highest BCUT2D eigenvalue weighted by Crippen LogP contribution is 2.17. The summed E-state index contributed by atoms with van der Waals surface area (Å²) in [5.74, 6) is 8.00. The fraction of sp³-hybridized carbons (Fsp3) is 0.750. The maximum absolute atomic E-state index is 4.53. The topological polar surface area (TPSA) is 64.1 Å². The van der Waals surface area contributed by atoms with Gasteiger partial charge in [-0.05, 0) is 12.8 Å². The van der Waals surface area contributed by atoms with Crippen LogP contribution in [0.2, 0.25) is 0 Å². The lowest BCUT2D eigenvalue weighted by Crippen LogP contribution is -2.10. The summed E-state index contributed by atoms with van der Waals surface area (Å²) >= 11 is 4.53. The smallest absolute Gasteiger partial charge is 0.0617 e. The van der Waals surface area contributed by atoms with E-state index in [9.17, 15) is 0 Å². The minimum atomic E-state index is 0.738. The minimum Gasteiger partial charge on any atom is -0.379 e. The SMILES string of the molecule is NN.S=CNC1CC1. The Hall–Kier alpha value is -0.190. The highest BCUT2D eigenvalue weighted by molar-refractivity contribution is 7.78. The molecule has 0 aromatic rings. The fourth-order valence-electron chi connectivity index (χ4n) is 0.346. The molecule has 1 aliphatic rings. The summed E-state index contributed by atoms with van der Waals surface area (Å²) in [6, 6.07) is 0.738. The lowest BCUT2D eigenvalue weighted by molar-refractivity contribution is 0.938. The van der Waals surface area contributed by atoms with Crippen LogP contribution in [0.15, 0.2) is 0 Å². The molecule has 0 amide bonds. The second-order valence-corrected chi connectivity index (χ2v) is 1.79. The van der Waals surface area contributed by atoms with E-state index in [2.05, 4.69) is 29.2 Å². The van der Waals surface area contributed by atoms with Crippen LogP contribution in [0.5, 0.6) is 0 Å². The Morgan fingerprint density at radius 1 is 1.50 bits per heavy atom. The van der Waals surface area contributed by atoms with Gasteiger partial charge in [-0.25, -0.2) is 0 Å². The third-order valence-electron chi connectivity index (χ3n) is 0.881. The molecule has 0 atom stereocenters. The van der Waals surface area contributed by atoms with E-state index >= 15 is 0 Å². The number of hydrazine groups is 1. The lowest BCUT2D eigenvalue weighted by atomic mass is 10.7. The van der Waals surface area contributed by atoms with Crippen molar-refractivity contribution in [2.24, 2.45) is 11.7 Å². The molecule has 5 N–H and O–H groups in total. The molecule has 4 heteroatoms. The van der Waals surface area contributed by atoms with Gasteiger partial charge in [0.15, 0.2) is 0 Å². The minimum absolute atomic E-state index is 0.738. The van der Waals surface area contributed by atoms with Crippen molar-refractivity contribution in [2.75, 3.05) is 0 Å². The molecule has 0 bridgehead atoms. The number of nitrogens with one attached hydrogen (secondary N) is 1. The monoisotopic (exact) mass is 133 g/mol. The van der Waals surface area contributed by atoms with Crippen molar-refractivity contribution in [3.8, 4) is 0 Å². The largest absolute Gasteiger partial charge is 0.379 e. The number of hydrogen-bond donors (Lipinski definition) is 3. The third kappa shape index (κ3) is 3.98. The van der Waals surface area contributed by atoms with Crippen LogP contribution in [0.4, 0.5) is 0 Å². The number of nitrogens with two attached hydrogens (primary N) is 2. The Morgan fingerprint density at radius 3 is 2.12 bits per heavy atom. The lowest BCUT2D eigenvalue weighted by Gasteiger charge is -1.85. The Morgan fingerprint density at radius 2 is 2.00 bits per heavy atom. The predicted molar refractivity (Wildman–Crippen MR) is 38.2 cm³/mol. The normalized spacial score (nSPS) is 15.8. The molecule has 48 valence electrons. The van der Waals surface area contributed by atoms with Crippen LogP contribution < -0.4 is 17.0 Å². The van der Waals surface area contributed by atoms with Crippen molar-refractivity contribution < 1.29 is 0 Å². The highest BCUT2D eigenvalue weighted by Gasteiger charge is 2.18. The molecule has 0 spiro atoms. The van der Waals surface area contributed by atoms with Gasteiger partial charge in [0.25, 0.3) is 0 Å². The van der Waals surface area contributed by atoms with E-state index in [4.69, 9.17) is 0 Å². The van der Waals surface area contributed by atoms with Gasteiger partial charge in [-0.15, -0.1) is 0 Å². The Bertz CT molecular complexity index is 62.3. The first kappa shape index (κ1) is 7.81. The van der Waals surface area contributed by atoms with Gasteiger partial charge in [-0.1, -0.05) is 12.2 Å². The summed E-state index contributed by atoms with van der Waals surface area (Å²) in [6.07, 6.45) is 2.63. The van der Waals surface area contributed by atoms with Crippen LogP contribution >= 0.6 is 12.2 Å². The molecule has 0 unspecified atom stereocenters. The molecule has 1 saturated carbocycles. The summed E-state index contributed by atoms with van der Waals surface area (Å²) in [5.41, 5.74) is 1.59. The van der Waals surface area contributed by atoms with Crippen molar-refractivity contribution in [1.29, 1.82) is 0 Å². The van der Waals surface area contributed by atoms with Crippen molar-refractivity contribution >= 4 is 17.7 Å². The van der Waals surface area contributed by atoms with E-state index in [-0.39, 0.29) is 0 Å². The van der Waals surface area contributed by atoms with Crippen molar-refractivity contribution in [3.05, 3.63) is 0 Å². The van der Waals surface area contributed by atoms with E-state index in [0.717, 1.165) is 6.04 Å². The Balaban J connectivity index is 0.000000222. The van der Waals surface area contributed by atoms with Crippen molar-refractivity contribution in [3.63, 3.8) is 0 Å². The van der Waals surface area contributed by atoms with Gasteiger partial charge in [-0.3, -0.25) is 11.7 Å². The van der Waals surface area contributed by atoms with E-state index in [1.54, 1.807) is 5.49 Å². The molecule has 1 fully saturated rings. The zero-order chi connectivity index (χ0) is 6.41. The molecule has 1 rings (SSSR count). The summed E-state index contributed by atoms with van der Waals surface area (Å²) in [5, 5.41) is 3.01. The zero-order valence-electron chi connectivity index (χ0n) is 4.63. The van der Waals surface area contributed by atoms with E-state index < -0.39 is 0 Å². The van der Waals surface area contributed by atoms with Crippen LogP contribution in [0.1, 0.15) is 12.8 Å². The van der Waals surface area contributed by atoms with Crippen LogP contribution in [0.25, 0.3) is 0 Å². The fourth-order valence-corrected chi connectivity index (χ4v) is 0.539.